The first kappa shape index (κ1) is 13.6. The normalized spacial score (nSPS) is 17.4. The van der Waals surface area contributed by atoms with Crippen LogP contribution in [0.15, 0.2) is 30.3 Å². The molecular formula is C16H25NO. The number of hydrogen-bond acceptors (Lipinski definition) is 2. The van der Waals surface area contributed by atoms with Crippen molar-refractivity contribution in [3.8, 4) is 0 Å². The van der Waals surface area contributed by atoms with E-state index in [4.69, 9.17) is 4.74 Å². The van der Waals surface area contributed by atoms with Crippen LogP contribution in [0.4, 0.5) is 0 Å². The van der Waals surface area contributed by atoms with Crippen LogP contribution < -0.4 is 5.32 Å². The average molecular weight is 247 g/mol. The van der Waals surface area contributed by atoms with Gasteiger partial charge in [-0.3, -0.25) is 0 Å². The molecule has 0 heterocycles. The number of benzene rings is 1. The van der Waals surface area contributed by atoms with Gasteiger partial charge in [0.2, 0.25) is 0 Å². The number of ether oxygens (including phenoxy) is 1. The average Bonchev–Trinajstić information content (AvgIpc) is 2.37. The van der Waals surface area contributed by atoms with Crippen molar-refractivity contribution in [3.63, 3.8) is 0 Å². The van der Waals surface area contributed by atoms with Gasteiger partial charge in [0.15, 0.2) is 0 Å². The van der Waals surface area contributed by atoms with E-state index < -0.39 is 0 Å². The highest BCUT2D eigenvalue weighted by atomic mass is 16.5. The van der Waals surface area contributed by atoms with E-state index in [1.54, 1.807) is 0 Å². The van der Waals surface area contributed by atoms with Crippen LogP contribution in [0, 0.1) is 0 Å². The van der Waals surface area contributed by atoms with E-state index >= 15 is 0 Å². The summed E-state index contributed by atoms with van der Waals surface area (Å²) in [4.78, 5) is 0. The van der Waals surface area contributed by atoms with E-state index in [0.29, 0.717) is 0 Å². The summed E-state index contributed by atoms with van der Waals surface area (Å²) in [7, 11) is 1.84. The molecule has 100 valence electrons. The van der Waals surface area contributed by atoms with Crippen LogP contribution in [0.1, 0.15) is 37.7 Å². The minimum Gasteiger partial charge on any atom is -0.377 e. The Labute approximate surface area is 111 Å². The number of aryl methyl sites for hydroxylation is 1. The van der Waals surface area contributed by atoms with Crippen LogP contribution in [-0.2, 0) is 11.2 Å². The topological polar surface area (TPSA) is 21.3 Å². The number of methoxy groups -OCH3 is 1. The monoisotopic (exact) mass is 247 g/mol. The Kier molecular flexibility index (Phi) is 5.21. The molecule has 0 aliphatic heterocycles. The number of rotatable bonds is 8. The van der Waals surface area contributed by atoms with Gasteiger partial charge in [0, 0.05) is 13.7 Å². The molecule has 2 nitrogen and oxygen atoms in total. The van der Waals surface area contributed by atoms with E-state index in [2.05, 4.69) is 35.6 Å². The van der Waals surface area contributed by atoms with Crippen LogP contribution in [0.2, 0.25) is 0 Å². The van der Waals surface area contributed by atoms with Gasteiger partial charge in [0.1, 0.15) is 0 Å². The molecule has 1 aromatic carbocycles. The molecule has 0 saturated heterocycles. The van der Waals surface area contributed by atoms with Gasteiger partial charge >= 0.3 is 0 Å². The van der Waals surface area contributed by atoms with Gasteiger partial charge in [-0.1, -0.05) is 30.3 Å². The Balaban J connectivity index is 1.51. The van der Waals surface area contributed by atoms with Crippen molar-refractivity contribution in [3.05, 3.63) is 35.9 Å². The summed E-state index contributed by atoms with van der Waals surface area (Å²) in [6, 6.07) is 10.7. The van der Waals surface area contributed by atoms with Gasteiger partial charge in [-0.25, -0.2) is 0 Å². The molecule has 0 amide bonds. The van der Waals surface area contributed by atoms with Gasteiger partial charge in [0.25, 0.3) is 0 Å². The molecule has 1 fully saturated rings. The summed E-state index contributed by atoms with van der Waals surface area (Å²) < 4.78 is 5.59. The third-order valence-corrected chi connectivity index (χ3v) is 4.06. The molecule has 2 rings (SSSR count). The van der Waals surface area contributed by atoms with Crippen LogP contribution in [-0.4, -0.2) is 25.8 Å². The van der Waals surface area contributed by atoms with Gasteiger partial charge in [-0.2, -0.15) is 0 Å². The van der Waals surface area contributed by atoms with E-state index in [1.807, 2.05) is 7.11 Å². The summed E-state index contributed by atoms with van der Waals surface area (Å²) in [6.45, 7) is 2.13. The second-order valence-electron chi connectivity index (χ2n) is 5.36. The first-order chi connectivity index (χ1) is 8.85. The molecule has 0 spiro atoms. The molecule has 0 bridgehead atoms. The lowest BCUT2D eigenvalue weighted by atomic mass is 9.80. The Hall–Kier alpha value is -0.860. The van der Waals surface area contributed by atoms with Crippen molar-refractivity contribution in [1.82, 2.24) is 5.32 Å². The minimum atomic E-state index is 0.166. The maximum Gasteiger partial charge on any atom is 0.0802 e. The molecule has 0 unspecified atom stereocenters. The largest absolute Gasteiger partial charge is 0.377 e. The molecule has 18 heavy (non-hydrogen) atoms. The summed E-state index contributed by atoms with van der Waals surface area (Å²) >= 11 is 0. The van der Waals surface area contributed by atoms with E-state index in [-0.39, 0.29) is 5.60 Å². The maximum absolute atomic E-state index is 5.59. The molecule has 0 aromatic heterocycles. The lowest BCUT2D eigenvalue weighted by Gasteiger charge is -2.40. The number of hydrogen-bond donors (Lipinski definition) is 1. The summed E-state index contributed by atoms with van der Waals surface area (Å²) in [5.74, 6) is 0. The van der Waals surface area contributed by atoms with Gasteiger partial charge in [-0.05, 0) is 50.6 Å². The second-order valence-corrected chi connectivity index (χ2v) is 5.36. The van der Waals surface area contributed by atoms with E-state index in [1.165, 1.54) is 44.1 Å². The Morgan fingerprint density at radius 1 is 1.17 bits per heavy atom. The molecule has 1 N–H and O–H groups in total. The van der Waals surface area contributed by atoms with E-state index in [0.717, 1.165) is 13.1 Å². The van der Waals surface area contributed by atoms with E-state index in [9.17, 15) is 0 Å². The fourth-order valence-electron chi connectivity index (χ4n) is 2.56. The van der Waals surface area contributed by atoms with Crippen molar-refractivity contribution in [2.24, 2.45) is 0 Å². The minimum absolute atomic E-state index is 0.166. The fourth-order valence-corrected chi connectivity index (χ4v) is 2.56. The SMILES string of the molecule is COC1(CNCCCCc2ccccc2)CCC1. The summed E-state index contributed by atoms with van der Waals surface area (Å²) in [6.07, 6.45) is 7.47. The molecule has 0 radical (unpaired) electrons. The lowest BCUT2D eigenvalue weighted by Crippen LogP contribution is -2.48. The highest BCUT2D eigenvalue weighted by Crippen LogP contribution is 2.34. The molecular weight excluding hydrogens is 222 g/mol. The fraction of sp³-hybridized carbons (Fsp3) is 0.625. The van der Waals surface area contributed by atoms with Crippen molar-refractivity contribution in [2.75, 3.05) is 20.2 Å². The standard InChI is InChI=1S/C16H25NO/c1-18-16(11-7-12-16)14-17-13-6-5-10-15-8-3-2-4-9-15/h2-4,8-9,17H,5-7,10-14H2,1H3. The third kappa shape index (κ3) is 3.82. The van der Waals surface area contributed by atoms with Crippen LogP contribution in [0.3, 0.4) is 0 Å². The molecule has 1 saturated carbocycles. The first-order valence-corrected chi connectivity index (χ1v) is 7.14. The quantitative estimate of drug-likeness (QED) is 0.712. The molecule has 0 atom stereocenters. The van der Waals surface area contributed by atoms with Crippen LogP contribution >= 0.6 is 0 Å². The lowest BCUT2D eigenvalue weighted by molar-refractivity contribution is -0.0692. The van der Waals surface area contributed by atoms with Gasteiger partial charge in [-0.15, -0.1) is 0 Å². The Morgan fingerprint density at radius 2 is 1.94 bits per heavy atom. The zero-order valence-corrected chi connectivity index (χ0v) is 11.5. The second kappa shape index (κ2) is 6.91. The number of nitrogens with one attached hydrogen (secondary N) is 1. The van der Waals surface area contributed by atoms with Gasteiger partial charge in [0.05, 0.1) is 5.60 Å². The first-order valence-electron chi connectivity index (χ1n) is 7.14. The van der Waals surface area contributed by atoms with Crippen molar-refractivity contribution in [2.45, 2.75) is 44.1 Å². The van der Waals surface area contributed by atoms with Crippen LogP contribution in [0.25, 0.3) is 0 Å². The Morgan fingerprint density at radius 3 is 2.56 bits per heavy atom. The van der Waals surface area contributed by atoms with Crippen molar-refractivity contribution in [1.29, 1.82) is 0 Å². The highest BCUT2D eigenvalue weighted by Gasteiger charge is 2.36. The van der Waals surface area contributed by atoms with Crippen molar-refractivity contribution >= 4 is 0 Å². The Bertz CT molecular complexity index is 327. The predicted molar refractivity (Wildman–Crippen MR) is 75.8 cm³/mol. The zero-order chi connectivity index (χ0) is 12.7. The maximum atomic E-state index is 5.59. The van der Waals surface area contributed by atoms with Crippen molar-refractivity contribution < 1.29 is 4.74 Å². The zero-order valence-electron chi connectivity index (χ0n) is 11.5. The van der Waals surface area contributed by atoms with Gasteiger partial charge < -0.3 is 10.1 Å². The van der Waals surface area contributed by atoms with Crippen LogP contribution in [0.5, 0.6) is 0 Å². The molecule has 2 heteroatoms. The highest BCUT2D eigenvalue weighted by molar-refractivity contribution is 5.14. The molecule has 1 aliphatic rings. The summed E-state index contributed by atoms with van der Waals surface area (Å²) in [5.41, 5.74) is 1.62. The third-order valence-electron chi connectivity index (χ3n) is 4.06. The predicted octanol–water partition coefficient (Wildman–Crippen LogP) is 3.17. The molecule has 1 aliphatic carbocycles. The molecule has 1 aromatic rings. The smallest absolute Gasteiger partial charge is 0.0802 e. The summed E-state index contributed by atoms with van der Waals surface area (Å²) in [5, 5.41) is 3.54. The number of unbranched alkanes of at least 4 members (excludes halogenated alkanes) is 1.